The fraction of sp³-hybridized carbons (Fsp3) is 0.400. The predicted molar refractivity (Wildman–Crippen MR) is 65.1 cm³/mol. The molecule has 2 N–H and O–H groups in total. The highest BCUT2D eigenvalue weighted by molar-refractivity contribution is 7.99. The monoisotopic (exact) mass is 230 g/mol. The fourth-order valence-electron chi connectivity index (χ4n) is 0.969. The zero-order chi connectivity index (χ0) is 10.6. The third-order valence-corrected chi connectivity index (χ3v) is 3.23. The first-order valence-electron chi connectivity index (χ1n) is 4.42. The number of halogens is 1. The van der Waals surface area contributed by atoms with Crippen molar-refractivity contribution in [2.45, 2.75) is 4.90 Å². The zero-order valence-electron chi connectivity index (χ0n) is 8.46. The zero-order valence-corrected chi connectivity index (χ0v) is 10.0. The SMILES string of the molecule is CN(C)CCSc1cc(N)ccc1Cl. The lowest BCUT2D eigenvalue weighted by Crippen LogP contribution is -2.14. The molecule has 0 aliphatic heterocycles. The van der Waals surface area contributed by atoms with Gasteiger partial charge in [0.1, 0.15) is 0 Å². The number of nitrogens with zero attached hydrogens (tertiary/aromatic N) is 1. The van der Waals surface area contributed by atoms with Gasteiger partial charge < -0.3 is 10.6 Å². The summed E-state index contributed by atoms with van der Waals surface area (Å²) in [5.74, 6) is 1.02. The molecule has 0 aliphatic rings. The predicted octanol–water partition coefficient (Wildman–Crippen LogP) is 2.58. The van der Waals surface area contributed by atoms with Gasteiger partial charge in [-0.25, -0.2) is 0 Å². The molecular formula is C10H15ClN2S. The van der Waals surface area contributed by atoms with E-state index in [1.165, 1.54) is 0 Å². The molecule has 0 saturated heterocycles. The van der Waals surface area contributed by atoms with Crippen molar-refractivity contribution in [3.63, 3.8) is 0 Å². The van der Waals surface area contributed by atoms with Gasteiger partial charge in [0.05, 0.1) is 5.02 Å². The van der Waals surface area contributed by atoms with Crippen molar-refractivity contribution in [2.24, 2.45) is 0 Å². The Morgan fingerprint density at radius 2 is 2.14 bits per heavy atom. The van der Waals surface area contributed by atoms with E-state index in [2.05, 4.69) is 19.0 Å². The van der Waals surface area contributed by atoms with Crippen molar-refractivity contribution in [2.75, 3.05) is 32.1 Å². The maximum absolute atomic E-state index is 6.02. The van der Waals surface area contributed by atoms with E-state index in [-0.39, 0.29) is 0 Å². The standard InChI is InChI=1S/C10H15ClN2S/c1-13(2)5-6-14-10-7-8(12)3-4-9(10)11/h3-4,7H,5-6,12H2,1-2H3. The van der Waals surface area contributed by atoms with Crippen molar-refractivity contribution >= 4 is 29.1 Å². The van der Waals surface area contributed by atoms with Crippen molar-refractivity contribution in [1.29, 1.82) is 0 Å². The summed E-state index contributed by atoms with van der Waals surface area (Å²) in [5, 5.41) is 0.781. The van der Waals surface area contributed by atoms with Crippen LogP contribution in [0.2, 0.25) is 5.02 Å². The Hall–Kier alpha value is -0.380. The molecule has 1 aromatic carbocycles. The molecule has 0 atom stereocenters. The Balaban J connectivity index is 2.53. The van der Waals surface area contributed by atoms with E-state index < -0.39 is 0 Å². The quantitative estimate of drug-likeness (QED) is 0.637. The molecule has 0 amide bonds. The van der Waals surface area contributed by atoms with Crippen LogP contribution in [0.3, 0.4) is 0 Å². The molecular weight excluding hydrogens is 216 g/mol. The summed E-state index contributed by atoms with van der Waals surface area (Å²) in [6, 6.07) is 5.58. The Bertz CT molecular complexity index is 302. The highest BCUT2D eigenvalue weighted by Crippen LogP contribution is 2.28. The number of anilines is 1. The van der Waals surface area contributed by atoms with Crippen LogP contribution in [-0.2, 0) is 0 Å². The molecule has 14 heavy (non-hydrogen) atoms. The van der Waals surface area contributed by atoms with Crippen LogP contribution in [0, 0.1) is 0 Å². The summed E-state index contributed by atoms with van der Waals surface area (Å²) in [5.41, 5.74) is 6.44. The number of rotatable bonds is 4. The highest BCUT2D eigenvalue weighted by Gasteiger charge is 2.01. The van der Waals surface area contributed by atoms with Crippen LogP contribution in [0.15, 0.2) is 23.1 Å². The third-order valence-electron chi connectivity index (χ3n) is 1.75. The van der Waals surface area contributed by atoms with E-state index in [0.717, 1.165) is 27.9 Å². The van der Waals surface area contributed by atoms with Gasteiger partial charge in [0, 0.05) is 22.9 Å². The first-order chi connectivity index (χ1) is 6.59. The summed E-state index contributed by atoms with van der Waals surface area (Å²) < 4.78 is 0. The molecule has 1 aromatic rings. The maximum atomic E-state index is 6.02. The van der Waals surface area contributed by atoms with Crippen LogP contribution in [0.1, 0.15) is 0 Å². The highest BCUT2D eigenvalue weighted by atomic mass is 35.5. The topological polar surface area (TPSA) is 29.3 Å². The summed E-state index contributed by atoms with van der Waals surface area (Å²) in [6.45, 7) is 1.04. The molecule has 4 heteroatoms. The van der Waals surface area contributed by atoms with E-state index in [1.807, 2.05) is 18.2 Å². The van der Waals surface area contributed by atoms with Gasteiger partial charge in [0.25, 0.3) is 0 Å². The average molecular weight is 231 g/mol. The fourth-order valence-corrected chi connectivity index (χ4v) is 2.35. The molecule has 0 radical (unpaired) electrons. The van der Waals surface area contributed by atoms with Crippen LogP contribution in [0.25, 0.3) is 0 Å². The minimum atomic E-state index is 0.766. The minimum Gasteiger partial charge on any atom is -0.399 e. The third kappa shape index (κ3) is 3.78. The number of benzene rings is 1. The molecule has 0 saturated carbocycles. The molecule has 0 unspecified atom stereocenters. The summed E-state index contributed by atoms with van der Waals surface area (Å²) in [6.07, 6.45) is 0. The van der Waals surface area contributed by atoms with E-state index in [9.17, 15) is 0 Å². The summed E-state index contributed by atoms with van der Waals surface area (Å²) in [7, 11) is 4.11. The van der Waals surface area contributed by atoms with E-state index >= 15 is 0 Å². The molecule has 2 nitrogen and oxygen atoms in total. The molecule has 0 spiro atoms. The van der Waals surface area contributed by atoms with Gasteiger partial charge >= 0.3 is 0 Å². The second-order valence-electron chi connectivity index (χ2n) is 3.34. The Labute approximate surface area is 94.4 Å². The average Bonchev–Trinajstić information content (AvgIpc) is 2.10. The van der Waals surface area contributed by atoms with Crippen molar-refractivity contribution in [3.8, 4) is 0 Å². The lowest BCUT2D eigenvalue weighted by atomic mass is 10.3. The molecule has 1 rings (SSSR count). The first kappa shape index (κ1) is 11.7. The van der Waals surface area contributed by atoms with Gasteiger partial charge in [-0.1, -0.05) is 11.6 Å². The number of hydrogen-bond acceptors (Lipinski definition) is 3. The Morgan fingerprint density at radius 1 is 1.43 bits per heavy atom. The molecule has 0 heterocycles. The van der Waals surface area contributed by atoms with Gasteiger partial charge in [0.15, 0.2) is 0 Å². The maximum Gasteiger partial charge on any atom is 0.0543 e. The van der Waals surface area contributed by atoms with Crippen LogP contribution in [0.5, 0.6) is 0 Å². The van der Waals surface area contributed by atoms with Crippen LogP contribution in [0.4, 0.5) is 5.69 Å². The smallest absolute Gasteiger partial charge is 0.0543 e. The normalized spacial score (nSPS) is 10.9. The van der Waals surface area contributed by atoms with Gasteiger partial charge in [-0.3, -0.25) is 0 Å². The van der Waals surface area contributed by atoms with E-state index in [4.69, 9.17) is 17.3 Å². The molecule has 0 aromatic heterocycles. The lowest BCUT2D eigenvalue weighted by Gasteiger charge is -2.09. The first-order valence-corrected chi connectivity index (χ1v) is 5.78. The van der Waals surface area contributed by atoms with Crippen LogP contribution >= 0.6 is 23.4 Å². The molecule has 0 bridgehead atoms. The van der Waals surface area contributed by atoms with E-state index in [1.54, 1.807) is 11.8 Å². The number of nitrogens with two attached hydrogens (primary N) is 1. The van der Waals surface area contributed by atoms with Gasteiger partial charge in [-0.2, -0.15) is 0 Å². The molecule has 0 aliphatic carbocycles. The number of nitrogen functional groups attached to an aromatic ring is 1. The van der Waals surface area contributed by atoms with Crippen molar-refractivity contribution in [1.82, 2.24) is 4.90 Å². The van der Waals surface area contributed by atoms with Crippen LogP contribution < -0.4 is 5.73 Å². The summed E-state index contributed by atoms with van der Waals surface area (Å²) in [4.78, 5) is 3.21. The second-order valence-corrected chi connectivity index (χ2v) is 4.89. The number of hydrogen-bond donors (Lipinski definition) is 1. The molecule has 78 valence electrons. The Kier molecular flexibility index (Phi) is 4.58. The van der Waals surface area contributed by atoms with E-state index in [0.29, 0.717) is 0 Å². The van der Waals surface area contributed by atoms with Crippen LogP contribution in [-0.4, -0.2) is 31.3 Å². The molecule has 0 fully saturated rings. The summed E-state index contributed by atoms with van der Waals surface area (Å²) >= 11 is 7.76. The van der Waals surface area contributed by atoms with Gasteiger partial charge in [-0.05, 0) is 32.3 Å². The largest absolute Gasteiger partial charge is 0.399 e. The number of thioether (sulfide) groups is 1. The van der Waals surface area contributed by atoms with Crippen molar-refractivity contribution in [3.05, 3.63) is 23.2 Å². The second kappa shape index (κ2) is 5.49. The van der Waals surface area contributed by atoms with Gasteiger partial charge in [0.2, 0.25) is 0 Å². The van der Waals surface area contributed by atoms with Crippen molar-refractivity contribution < 1.29 is 0 Å². The lowest BCUT2D eigenvalue weighted by molar-refractivity contribution is 0.437. The minimum absolute atomic E-state index is 0.766. The Morgan fingerprint density at radius 3 is 2.79 bits per heavy atom. The van der Waals surface area contributed by atoms with Gasteiger partial charge in [-0.15, -0.1) is 11.8 Å².